The van der Waals surface area contributed by atoms with Crippen LogP contribution in [0.25, 0.3) is 0 Å². The van der Waals surface area contributed by atoms with Crippen LogP contribution in [0.4, 0.5) is 0 Å². The lowest BCUT2D eigenvalue weighted by atomic mass is 10.2. The average Bonchev–Trinajstić information content (AvgIpc) is 2.02. The van der Waals surface area contributed by atoms with Crippen molar-refractivity contribution in [1.29, 1.82) is 0 Å². The summed E-state index contributed by atoms with van der Waals surface area (Å²) in [4.78, 5) is 10.0. The Bertz CT molecular complexity index is 317. The number of halogens is 4. The second-order valence-electron chi connectivity index (χ2n) is 2.32. The lowest BCUT2D eigenvalue weighted by Gasteiger charge is -2.08. The number of hydrogen-bond acceptors (Lipinski definition) is 1. The predicted octanol–water partition coefficient (Wildman–Crippen LogP) is 4.28. The summed E-state index contributed by atoms with van der Waals surface area (Å²) < 4.78 is 0. The molecule has 0 aliphatic heterocycles. The summed E-state index contributed by atoms with van der Waals surface area (Å²) in [6.07, 6.45) is 0.709. The fourth-order valence-electron chi connectivity index (χ4n) is 0.885. The van der Waals surface area contributed by atoms with Gasteiger partial charge < -0.3 is 4.79 Å². The fourth-order valence-corrected chi connectivity index (χ4v) is 2.69. The van der Waals surface area contributed by atoms with E-state index in [1.807, 2.05) is 0 Å². The first kappa shape index (κ1) is 11.3. The number of rotatable bonds is 2. The molecule has 1 nitrogen and oxygen atoms in total. The van der Waals surface area contributed by atoms with Crippen molar-refractivity contribution >= 4 is 57.0 Å². The number of alkyl halides is 1. The van der Waals surface area contributed by atoms with Crippen LogP contribution in [0.3, 0.4) is 0 Å². The van der Waals surface area contributed by atoms with Crippen LogP contribution in [0, 0.1) is 0 Å². The summed E-state index contributed by atoms with van der Waals surface area (Å²) in [5.41, 5.74) is 0.544. The second-order valence-corrected chi connectivity index (χ2v) is 4.56. The quantitative estimate of drug-likeness (QED) is 0.588. The van der Waals surface area contributed by atoms with E-state index in [2.05, 4.69) is 15.9 Å². The highest BCUT2D eigenvalue weighted by Gasteiger charge is 2.15. The van der Waals surface area contributed by atoms with Gasteiger partial charge in [-0.05, 0) is 12.1 Å². The minimum Gasteiger partial charge on any atom is -0.302 e. The van der Waals surface area contributed by atoms with Crippen LogP contribution >= 0.6 is 50.7 Å². The molecule has 13 heavy (non-hydrogen) atoms. The van der Waals surface area contributed by atoms with Gasteiger partial charge in [-0.15, -0.1) is 0 Å². The highest BCUT2D eigenvalue weighted by Crippen LogP contribution is 2.36. The normalized spacial score (nSPS) is 12.6. The summed E-state index contributed by atoms with van der Waals surface area (Å²) in [5.74, 6) is 0. The van der Waals surface area contributed by atoms with E-state index >= 15 is 0 Å². The van der Waals surface area contributed by atoms with E-state index in [1.54, 1.807) is 12.1 Å². The number of benzene rings is 1. The Labute approximate surface area is 99.1 Å². The monoisotopic (exact) mass is 300 g/mol. The molecule has 0 heterocycles. The van der Waals surface area contributed by atoms with Gasteiger partial charge in [0.25, 0.3) is 0 Å². The minimum absolute atomic E-state index is 0.381. The van der Waals surface area contributed by atoms with Gasteiger partial charge in [0.15, 0.2) is 0 Å². The number of carbonyl (C=O) groups excluding carboxylic acids is 1. The van der Waals surface area contributed by atoms with Gasteiger partial charge in [-0.2, -0.15) is 0 Å². The van der Waals surface area contributed by atoms with Crippen molar-refractivity contribution in [3.63, 3.8) is 0 Å². The molecule has 0 aliphatic carbocycles. The van der Waals surface area contributed by atoms with E-state index in [0.29, 0.717) is 26.9 Å². The molecule has 1 rings (SSSR count). The molecule has 0 saturated carbocycles. The molecule has 0 saturated heterocycles. The van der Waals surface area contributed by atoms with E-state index in [9.17, 15) is 4.79 Å². The maximum atomic E-state index is 10.5. The van der Waals surface area contributed by atoms with Gasteiger partial charge in [0.2, 0.25) is 0 Å². The molecule has 0 aromatic heterocycles. The maximum Gasteiger partial charge on any atom is 0.138 e. The van der Waals surface area contributed by atoms with Crippen molar-refractivity contribution < 1.29 is 4.79 Å². The highest BCUT2D eigenvalue weighted by atomic mass is 79.9. The van der Waals surface area contributed by atoms with E-state index in [1.165, 1.54) is 0 Å². The Hall–Kier alpha value is 0.240. The Morgan fingerprint density at radius 2 is 1.69 bits per heavy atom. The Morgan fingerprint density at radius 3 is 2.08 bits per heavy atom. The Morgan fingerprint density at radius 1 is 1.23 bits per heavy atom. The molecule has 5 heteroatoms. The molecule has 0 spiro atoms. The summed E-state index contributed by atoms with van der Waals surface area (Å²) in [6, 6.07) is 3.09. The molecule has 0 bridgehead atoms. The zero-order valence-corrected chi connectivity index (χ0v) is 10.1. The van der Waals surface area contributed by atoms with Crippen molar-refractivity contribution in [3.05, 3.63) is 32.8 Å². The van der Waals surface area contributed by atoms with Crippen LogP contribution in [-0.2, 0) is 4.79 Å². The largest absolute Gasteiger partial charge is 0.302 e. The van der Waals surface area contributed by atoms with Gasteiger partial charge in [-0.1, -0.05) is 50.7 Å². The van der Waals surface area contributed by atoms with Gasteiger partial charge in [0.05, 0.1) is 4.83 Å². The maximum absolute atomic E-state index is 10.5. The SMILES string of the molecule is O=CC(Br)c1c(Cl)cc(Cl)cc1Cl. The summed E-state index contributed by atoms with van der Waals surface area (Å²) in [7, 11) is 0. The molecular weight excluding hydrogens is 298 g/mol. The zero-order valence-electron chi connectivity index (χ0n) is 6.23. The van der Waals surface area contributed by atoms with Crippen LogP contribution < -0.4 is 0 Å². The van der Waals surface area contributed by atoms with Crippen molar-refractivity contribution in [2.24, 2.45) is 0 Å². The number of carbonyl (C=O) groups is 1. The second kappa shape index (κ2) is 4.65. The Kier molecular flexibility index (Phi) is 4.05. The lowest BCUT2D eigenvalue weighted by Crippen LogP contribution is -1.93. The third-order valence-electron chi connectivity index (χ3n) is 1.44. The zero-order chi connectivity index (χ0) is 10.0. The lowest BCUT2D eigenvalue weighted by molar-refractivity contribution is -0.107. The molecule has 1 aromatic carbocycles. The van der Waals surface area contributed by atoms with Crippen LogP contribution in [0.2, 0.25) is 15.1 Å². The highest BCUT2D eigenvalue weighted by molar-refractivity contribution is 9.09. The first-order valence-corrected chi connectivity index (χ1v) is 5.35. The van der Waals surface area contributed by atoms with Crippen molar-refractivity contribution in [1.82, 2.24) is 0 Å². The van der Waals surface area contributed by atoms with Gasteiger partial charge >= 0.3 is 0 Å². The van der Waals surface area contributed by atoms with Gasteiger partial charge in [0.1, 0.15) is 6.29 Å². The van der Waals surface area contributed by atoms with Crippen molar-refractivity contribution in [2.75, 3.05) is 0 Å². The molecule has 1 unspecified atom stereocenters. The first-order chi connectivity index (χ1) is 6.06. The number of aldehydes is 1. The molecule has 70 valence electrons. The van der Waals surface area contributed by atoms with E-state index in [-0.39, 0.29) is 0 Å². The summed E-state index contributed by atoms with van der Waals surface area (Å²) >= 11 is 20.5. The van der Waals surface area contributed by atoms with Gasteiger partial charge in [-0.25, -0.2) is 0 Å². The third kappa shape index (κ3) is 2.59. The van der Waals surface area contributed by atoms with Crippen LogP contribution in [0.15, 0.2) is 12.1 Å². The average molecular weight is 302 g/mol. The molecule has 0 amide bonds. The first-order valence-electron chi connectivity index (χ1n) is 3.30. The topological polar surface area (TPSA) is 17.1 Å². The van der Waals surface area contributed by atoms with Crippen LogP contribution in [-0.4, -0.2) is 6.29 Å². The predicted molar refractivity (Wildman–Crippen MR) is 59.2 cm³/mol. The molecule has 0 radical (unpaired) electrons. The summed E-state index contributed by atoms with van der Waals surface area (Å²) in [5, 5.41) is 1.21. The van der Waals surface area contributed by atoms with Crippen LogP contribution in [0.1, 0.15) is 10.4 Å². The molecule has 0 fully saturated rings. The number of hydrogen-bond donors (Lipinski definition) is 0. The van der Waals surface area contributed by atoms with E-state index in [0.717, 1.165) is 0 Å². The van der Waals surface area contributed by atoms with Gasteiger partial charge in [0, 0.05) is 20.6 Å². The molecule has 0 aliphatic rings. The minimum atomic E-state index is -0.496. The molecule has 1 atom stereocenters. The standard InChI is InChI=1S/C8H4BrCl3O/c9-5(3-13)8-6(11)1-4(10)2-7(8)12/h1-3,5H. The van der Waals surface area contributed by atoms with Gasteiger partial charge in [-0.3, -0.25) is 0 Å². The van der Waals surface area contributed by atoms with E-state index < -0.39 is 4.83 Å². The fraction of sp³-hybridized carbons (Fsp3) is 0.125. The van der Waals surface area contributed by atoms with Crippen molar-refractivity contribution in [3.8, 4) is 0 Å². The van der Waals surface area contributed by atoms with E-state index in [4.69, 9.17) is 34.8 Å². The van der Waals surface area contributed by atoms with Crippen LogP contribution in [0.5, 0.6) is 0 Å². The molecule has 1 aromatic rings. The molecular formula is C8H4BrCl3O. The summed E-state index contributed by atoms with van der Waals surface area (Å²) in [6.45, 7) is 0. The smallest absolute Gasteiger partial charge is 0.138 e. The Balaban J connectivity index is 3.28. The van der Waals surface area contributed by atoms with Crippen molar-refractivity contribution in [2.45, 2.75) is 4.83 Å². The molecule has 0 N–H and O–H groups in total. The third-order valence-corrected chi connectivity index (χ3v) is 2.96.